The molecular weight excluding hydrogens is 434 g/mol. The third kappa shape index (κ3) is 3.96. The van der Waals surface area contributed by atoms with Crippen LogP contribution in [0.15, 0.2) is 38.9 Å². The highest BCUT2D eigenvalue weighted by Gasteiger charge is 2.22. The summed E-state index contributed by atoms with van der Waals surface area (Å²) in [6.45, 7) is 10.2. The quantitative estimate of drug-likeness (QED) is 0.754. The number of hydrogen-bond donors (Lipinski definition) is 1. The van der Waals surface area contributed by atoms with Crippen LogP contribution in [0.1, 0.15) is 26.0 Å². The normalized spacial score (nSPS) is 19.9. The zero-order chi connectivity index (χ0) is 20.5. The van der Waals surface area contributed by atoms with Crippen LogP contribution in [0.25, 0.3) is 11.0 Å². The summed E-state index contributed by atoms with van der Waals surface area (Å²) in [6, 6.07) is 1.81. The van der Waals surface area contributed by atoms with Gasteiger partial charge in [-0.15, -0.1) is 0 Å². The Bertz CT molecular complexity index is 1050. The van der Waals surface area contributed by atoms with Crippen molar-refractivity contribution in [2.24, 2.45) is 5.92 Å². The lowest BCUT2D eigenvalue weighted by Gasteiger charge is -2.35. The van der Waals surface area contributed by atoms with E-state index in [-0.39, 0.29) is 5.56 Å². The number of anilines is 1. The Hall–Kier alpha value is -2.19. The summed E-state index contributed by atoms with van der Waals surface area (Å²) < 4.78 is 7.67. The number of allylic oxidation sites excluding steroid dienone is 4. The highest BCUT2D eigenvalue weighted by molar-refractivity contribution is 9.10. The SMILES string of the molecule is CCn1c(=O)c(Br)cc2c(C)nc(NC3=CC=C(N4CCOCC4)C(C)C3)nc21. The van der Waals surface area contributed by atoms with Crippen LogP contribution < -0.4 is 10.9 Å². The Balaban J connectivity index is 1.64. The lowest BCUT2D eigenvalue weighted by Crippen LogP contribution is -2.38. The van der Waals surface area contributed by atoms with Crippen molar-refractivity contribution in [2.45, 2.75) is 33.7 Å². The van der Waals surface area contributed by atoms with Gasteiger partial charge in [0.05, 0.1) is 23.4 Å². The molecule has 1 N–H and O–H groups in total. The number of aromatic nitrogens is 3. The molecular formula is C21H26BrN5O2. The molecule has 2 aromatic heterocycles. The molecule has 0 spiro atoms. The van der Waals surface area contributed by atoms with Crippen molar-refractivity contribution < 1.29 is 4.74 Å². The van der Waals surface area contributed by atoms with Gasteiger partial charge in [-0.2, -0.15) is 4.98 Å². The van der Waals surface area contributed by atoms with Crippen LogP contribution in [0, 0.1) is 12.8 Å². The molecule has 0 saturated carbocycles. The molecule has 0 amide bonds. The number of aryl methyl sites for hydroxylation is 2. The van der Waals surface area contributed by atoms with Crippen LogP contribution in [0.3, 0.4) is 0 Å². The lowest BCUT2D eigenvalue weighted by atomic mass is 9.95. The Kier molecular flexibility index (Phi) is 5.74. The number of morpholine rings is 1. The van der Waals surface area contributed by atoms with E-state index in [1.165, 1.54) is 5.70 Å². The van der Waals surface area contributed by atoms with E-state index in [0.29, 0.717) is 28.5 Å². The summed E-state index contributed by atoms with van der Waals surface area (Å²) in [5.41, 5.74) is 3.86. The summed E-state index contributed by atoms with van der Waals surface area (Å²) in [5, 5.41) is 4.26. The van der Waals surface area contributed by atoms with Crippen molar-refractivity contribution in [3.05, 3.63) is 50.1 Å². The van der Waals surface area contributed by atoms with E-state index >= 15 is 0 Å². The number of nitrogens with one attached hydrogen (secondary N) is 1. The van der Waals surface area contributed by atoms with Crippen LogP contribution in [-0.2, 0) is 11.3 Å². The highest BCUT2D eigenvalue weighted by atomic mass is 79.9. The summed E-state index contributed by atoms with van der Waals surface area (Å²) >= 11 is 3.35. The third-order valence-electron chi connectivity index (χ3n) is 5.54. The summed E-state index contributed by atoms with van der Waals surface area (Å²) in [6.07, 6.45) is 5.20. The van der Waals surface area contributed by atoms with Crippen molar-refractivity contribution in [2.75, 3.05) is 31.6 Å². The number of fused-ring (bicyclic) bond motifs is 1. The van der Waals surface area contributed by atoms with Crippen LogP contribution >= 0.6 is 15.9 Å². The first-order valence-corrected chi connectivity index (χ1v) is 10.9. The molecule has 7 nitrogen and oxygen atoms in total. The van der Waals surface area contributed by atoms with Gasteiger partial charge in [0, 0.05) is 42.3 Å². The molecule has 3 heterocycles. The molecule has 4 rings (SSSR count). The number of rotatable bonds is 4. The zero-order valence-corrected chi connectivity index (χ0v) is 18.6. The van der Waals surface area contributed by atoms with Gasteiger partial charge in [-0.25, -0.2) is 4.98 Å². The molecule has 2 aromatic rings. The molecule has 154 valence electrons. The molecule has 8 heteroatoms. The molecule has 1 unspecified atom stereocenters. The second-order valence-electron chi connectivity index (χ2n) is 7.52. The third-order valence-corrected chi connectivity index (χ3v) is 6.11. The topological polar surface area (TPSA) is 72.3 Å². The van der Waals surface area contributed by atoms with Gasteiger partial charge >= 0.3 is 0 Å². The molecule has 1 saturated heterocycles. The predicted octanol–water partition coefficient (Wildman–Crippen LogP) is 3.43. The van der Waals surface area contributed by atoms with Gasteiger partial charge in [0.1, 0.15) is 5.65 Å². The average molecular weight is 460 g/mol. The summed E-state index contributed by atoms with van der Waals surface area (Å²) in [5.74, 6) is 0.938. The van der Waals surface area contributed by atoms with Gasteiger partial charge in [0.15, 0.2) is 0 Å². The Morgan fingerprint density at radius 3 is 2.72 bits per heavy atom. The lowest BCUT2D eigenvalue weighted by molar-refractivity contribution is 0.0489. The van der Waals surface area contributed by atoms with E-state index in [4.69, 9.17) is 4.74 Å². The number of ether oxygens (including phenoxy) is 1. The van der Waals surface area contributed by atoms with Gasteiger partial charge in [-0.05, 0) is 54.4 Å². The van der Waals surface area contributed by atoms with E-state index in [1.807, 2.05) is 19.9 Å². The minimum atomic E-state index is -0.0763. The van der Waals surface area contributed by atoms with Crippen molar-refractivity contribution in [3.63, 3.8) is 0 Å². The minimum Gasteiger partial charge on any atom is -0.378 e. The fraction of sp³-hybridized carbons (Fsp3) is 0.476. The maximum Gasteiger partial charge on any atom is 0.266 e. The number of hydrogen-bond acceptors (Lipinski definition) is 6. The maximum absolute atomic E-state index is 12.5. The van der Waals surface area contributed by atoms with Crippen molar-refractivity contribution in [1.29, 1.82) is 0 Å². The molecule has 29 heavy (non-hydrogen) atoms. The first kappa shape index (κ1) is 20.1. The maximum atomic E-state index is 12.5. The molecule has 0 aromatic carbocycles. The van der Waals surface area contributed by atoms with E-state index in [9.17, 15) is 4.79 Å². The zero-order valence-electron chi connectivity index (χ0n) is 17.0. The summed E-state index contributed by atoms with van der Waals surface area (Å²) in [4.78, 5) is 24.2. The fourth-order valence-electron chi connectivity index (χ4n) is 4.03. The van der Waals surface area contributed by atoms with Crippen molar-refractivity contribution in [3.8, 4) is 0 Å². The first-order valence-electron chi connectivity index (χ1n) is 10.1. The van der Waals surface area contributed by atoms with Crippen LogP contribution in [-0.4, -0.2) is 45.7 Å². The van der Waals surface area contributed by atoms with E-state index in [0.717, 1.165) is 49.5 Å². The van der Waals surface area contributed by atoms with E-state index < -0.39 is 0 Å². The molecule has 0 radical (unpaired) electrons. The summed E-state index contributed by atoms with van der Waals surface area (Å²) in [7, 11) is 0. The van der Waals surface area contributed by atoms with E-state index in [1.54, 1.807) is 4.57 Å². The highest BCUT2D eigenvalue weighted by Crippen LogP contribution is 2.29. The average Bonchev–Trinajstić information content (AvgIpc) is 2.71. The van der Waals surface area contributed by atoms with Crippen LogP contribution in [0.2, 0.25) is 0 Å². The van der Waals surface area contributed by atoms with Gasteiger partial charge in [0.25, 0.3) is 5.56 Å². The van der Waals surface area contributed by atoms with Gasteiger partial charge in [0.2, 0.25) is 5.95 Å². The van der Waals surface area contributed by atoms with Crippen LogP contribution in [0.5, 0.6) is 0 Å². The second-order valence-corrected chi connectivity index (χ2v) is 8.38. The molecule has 1 aliphatic heterocycles. The molecule has 2 aliphatic rings. The van der Waals surface area contributed by atoms with Crippen molar-refractivity contribution >= 4 is 32.9 Å². The minimum absolute atomic E-state index is 0.0763. The Morgan fingerprint density at radius 1 is 1.28 bits per heavy atom. The number of nitrogens with zero attached hydrogens (tertiary/aromatic N) is 4. The number of pyridine rings is 1. The first-order chi connectivity index (χ1) is 14.0. The van der Waals surface area contributed by atoms with Gasteiger partial charge in [-0.1, -0.05) is 6.92 Å². The van der Waals surface area contributed by atoms with Gasteiger partial charge < -0.3 is 15.0 Å². The molecule has 1 atom stereocenters. The fourth-order valence-corrected chi connectivity index (χ4v) is 4.47. The Labute approximate surface area is 178 Å². The molecule has 1 aliphatic carbocycles. The largest absolute Gasteiger partial charge is 0.378 e. The molecule has 1 fully saturated rings. The predicted molar refractivity (Wildman–Crippen MR) is 118 cm³/mol. The number of halogens is 1. The van der Waals surface area contributed by atoms with Crippen LogP contribution in [0.4, 0.5) is 5.95 Å². The monoisotopic (exact) mass is 459 g/mol. The second kappa shape index (κ2) is 8.28. The molecule has 0 bridgehead atoms. The standard InChI is InChI=1S/C21H26BrN5O2/c1-4-27-19-16(12-17(22)20(27)28)14(3)23-21(25-19)24-15-5-6-18(13(2)11-15)26-7-9-29-10-8-26/h5-6,12-13H,4,7-11H2,1-3H3,(H,23,24,25). The van der Waals surface area contributed by atoms with Crippen molar-refractivity contribution in [1.82, 2.24) is 19.4 Å². The van der Waals surface area contributed by atoms with E-state index in [2.05, 4.69) is 55.2 Å². The van der Waals surface area contributed by atoms with Gasteiger partial charge in [-0.3, -0.25) is 9.36 Å². The smallest absolute Gasteiger partial charge is 0.266 e. The Morgan fingerprint density at radius 2 is 2.03 bits per heavy atom.